The van der Waals surface area contributed by atoms with Crippen molar-refractivity contribution in [1.29, 1.82) is 0 Å². The Bertz CT molecular complexity index is 381. The number of carbonyl (C=O) groups is 1. The lowest BCUT2D eigenvalue weighted by Crippen LogP contribution is -2.01. The molecule has 2 rings (SSSR count). The Kier molecular flexibility index (Phi) is 3.64. The van der Waals surface area contributed by atoms with E-state index in [1.165, 1.54) is 12.8 Å². The highest BCUT2D eigenvalue weighted by atomic mass is 35.5. The molecule has 16 heavy (non-hydrogen) atoms. The second kappa shape index (κ2) is 5.00. The van der Waals surface area contributed by atoms with Crippen molar-refractivity contribution in [1.82, 2.24) is 9.78 Å². The number of aryl methyl sites for hydroxylation is 1. The molecule has 0 aliphatic heterocycles. The minimum absolute atomic E-state index is 0.441. The van der Waals surface area contributed by atoms with Crippen LogP contribution < -0.4 is 0 Å². The third-order valence-electron chi connectivity index (χ3n) is 3.25. The van der Waals surface area contributed by atoms with Gasteiger partial charge in [-0.05, 0) is 19.3 Å². The summed E-state index contributed by atoms with van der Waals surface area (Å²) < 4.78 is 1.76. The number of carbonyl (C=O) groups excluding carboxylic acids is 1. The lowest BCUT2D eigenvalue weighted by atomic mass is 10.0. The Morgan fingerprint density at radius 3 is 2.75 bits per heavy atom. The molecule has 88 valence electrons. The molecule has 0 bridgehead atoms. The van der Waals surface area contributed by atoms with Gasteiger partial charge in [0.25, 0.3) is 0 Å². The minimum atomic E-state index is 0.441. The summed E-state index contributed by atoms with van der Waals surface area (Å²) in [4.78, 5) is 11.1. The maximum Gasteiger partial charge on any atom is 0.155 e. The fraction of sp³-hybridized carbons (Fsp3) is 0.667. The largest absolute Gasteiger partial charge is 0.298 e. The van der Waals surface area contributed by atoms with Gasteiger partial charge in [0.2, 0.25) is 0 Å². The van der Waals surface area contributed by atoms with Crippen molar-refractivity contribution in [2.24, 2.45) is 0 Å². The zero-order valence-electron chi connectivity index (χ0n) is 9.58. The first-order valence-electron chi connectivity index (χ1n) is 5.99. The zero-order valence-corrected chi connectivity index (χ0v) is 10.3. The van der Waals surface area contributed by atoms with E-state index in [4.69, 9.17) is 11.6 Å². The van der Waals surface area contributed by atoms with E-state index in [0.29, 0.717) is 16.6 Å². The Morgan fingerprint density at radius 2 is 2.19 bits per heavy atom. The minimum Gasteiger partial charge on any atom is -0.298 e. The third kappa shape index (κ3) is 2.01. The summed E-state index contributed by atoms with van der Waals surface area (Å²) in [5, 5.41) is 5.02. The van der Waals surface area contributed by atoms with Crippen LogP contribution in [0.5, 0.6) is 0 Å². The summed E-state index contributed by atoms with van der Waals surface area (Å²) in [6, 6.07) is 0. The Morgan fingerprint density at radius 1 is 1.50 bits per heavy atom. The van der Waals surface area contributed by atoms with Crippen LogP contribution in [0, 0.1) is 0 Å². The van der Waals surface area contributed by atoms with Crippen molar-refractivity contribution in [3.63, 3.8) is 0 Å². The van der Waals surface area contributed by atoms with Crippen molar-refractivity contribution in [3.05, 3.63) is 16.4 Å². The average Bonchev–Trinajstić information content (AvgIpc) is 2.88. The summed E-state index contributed by atoms with van der Waals surface area (Å²) in [7, 11) is 0. The number of aromatic nitrogens is 2. The highest BCUT2D eigenvalue weighted by Gasteiger charge is 2.25. The van der Waals surface area contributed by atoms with Crippen molar-refractivity contribution >= 4 is 17.9 Å². The zero-order chi connectivity index (χ0) is 11.5. The molecular formula is C12H17ClN2O. The standard InChI is InChI=1S/C12H17ClN2O/c1-2-7-15-12(13)10(8-16)11(14-15)9-5-3-4-6-9/h8-9H,2-7H2,1H3. The normalized spacial score (nSPS) is 16.9. The van der Waals surface area contributed by atoms with E-state index < -0.39 is 0 Å². The van der Waals surface area contributed by atoms with E-state index in [0.717, 1.165) is 37.8 Å². The Balaban J connectivity index is 2.35. The quantitative estimate of drug-likeness (QED) is 0.756. The predicted molar refractivity (Wildman–Crippen MR) is 64.1 cm³/mol. The lowest BCUT2D eigenvalue weighted by molar-refractivity contribution is 0.112. The van der Waals surface area contributed by atoms with Crippen LogP contribution in [0.4, 0.5) is 0 Å². The van der Waals surface area contributed by atoms with Crippen molar-refractivity contribution in [3.8, 4) is 0 Å². The third-order valence-corrected chi connectivity index (χ3v) is 3.65. The second-order valence-corrected chi connectivity index (χ2v) is 4.77. The van der Waals surface area contributed by atoms with Crippen LogP contribution in [-0.4, -0.2) is 16.1 Å². The lowest BCUT2D eigenvalue weighted by Gasteiger charge is -2.04. The second-order valence-electron chi connectivity index (χ2n) is 4.41. The van der Waals surface area contributed by atoms with Crippen molar-refractivity contribution in [2.75, 3.05) is 0 Å². The molecule has 1 aromatic heterocycles. The van der Waals surface area contributed by atoms with Crippen LogP contribution in [0.1, 0.15) is 61.0 Å². The first-order chi connectivity index (χ1) is 7.77. The number of hydrogen-bond acceptors (Lipinski definition) is 2. The molecule has 4 heteroatoms. The van der Waals surface area contributed by atoms with Crippen LogP contribution in [0.2, 0.25) is 5.15 Å². The monoisotopic (exact) mass is 240 g/mol. The van der Waals surface area contributed by atoms with Crippen LogP contribution >= 0.6 is 11.6 Å². The molecule has 0 N–H and O–H groups in total. The summed E-state index contributed by atoms with van der Waals surface area (Å²) >= 11 is 6.16. The summed E-state index contributed by atoms with van der Waals surface area (Å²) in [6.07, 6.45) is 6.59. The van der Waals surface area contributed by atoms with Crippen LogP contribution in [0.15, 0.2) is 0 Å². The van der Waals surface area contributed by atoms with E-state index in [1.54, 1.807) is 4.68 Å². The Labute approximate surface area is 101 Å². The average molecular weight is 241 g/mol. The van der Waals surface area contributed by atoms with Gasteiger partial charge < -0.3 is 0 Å². The first-order valence-corrected chi connectivity index (χ1v) is 6.37. The highest BCUT2D eigenvalue weighted by Crippen LogP contribution is 2.36. The van der Waals surface area contributed by atoms with E-state index >= 15 is 0 Å². The maximum atomic E-state index is 11.1. The summed E-state index contributed by atoms with van der Waals surface area (Å²) in [5.41, 5.74) is 1.54. The predicted octanol–water partition coefficient (Wildman–Crippen LogP) is 3.42. The van der Waals surface area contributed by atoms with Gasteiger partial charge in [-0.1, -0.05) is 31.4 Å². The van der Waals surface area contributed by atoms with Gasteiger partial charge in [-0.25, -0.2) is 0 Å². The molecule has 0 saturated heterocycles. The van der Waals surface area contributed by atoms with Gasteiger partial charge in [0.15, 0.2) is 6.29 Å². The summed E-state index contributed by atoms with van der Waals surface area (Å²) in [6.45, 7) is 2.86. The van der Waals surface area contributed by atoms with Crippen LogP contribution in [-0.2, 0) is 6.54 Å². The van der Waals surface area contributed by atoms with Gasteiger partial charge in [-0.15, -0.1) is 0 Å². The molecule has 0 atom stereocenters. The molecule has 0 amide bonds. The van der Waals surface area contributed by atoms with Crippen LogP contribution in [0.3, 0.4) is 0 Å². The molecule has 1 aliphatic carbocycles. The molecule has 3 nitrogen and oxygen atoms in total. The smallest absolute Gasteiger partial charge is 0.155 e. The van der Waals surface area contributed by atoms with Gasteiger partial charge >= 0.3 is 0 Å². The topological polar surface area (TPSA) is 34.9 Å². The van der Waals surface area contributed by atoms with Gasteiger partial charge in [0, 0.05) is 12.5 Å². The Hall–Kier alpha value is -0.830. The van der Waals surface area contributed by atoms with Crippen LogP contribution in [0.25, 0.3) is 0 Å². The van der Waals surface area contributed by atoms with E-state index in [1.807, 2.05) is 0 Å². The molecule has 0 unspecified atom stereocenters. The van der Waals surface area contributed by atoms with E-state index in [9.17, 15) is 4.79 Å². The molecule has 1 saturated carbocycles. The highest BCUT2D eigenvalue weighted by molar-refractivity contribution is 6.32. The van der Waals surface area contributed by atoms with Crippen molar-refractivity contribution < 1.29 is 4.79 Å². The van der Waals surface area contributed by atoms with Gasteiger partial charge in [0.05, 0.1) is 11.3 Å². The molecule has 0 spiro atoms. The number of hydrogen-bond donors (Lipinski definition) is 0. The molecule has 1 heterocycles. The maximum absolute atomic E-state index is 11.1. The molecule has 0 aromatic carbocycles. The van der Waals surface area contributed by atoms with E-state index in [-0.39, 0.29) is 0 Å². The molecule has 1 fully saturated rings. The molecule has 1 aliphatic rings. The summed E-state index contributed by atoms with van der Waals surface area (Å²) in [5.74, 6) is 0.441. The number of rotatable bonds is 4. The SMILES string of the molecule is CCCn1nc(C2CCCC2)c(C=O)c1Cl. The molecular weight excluding hydrogens is 224 g/mol. The number of nitrogens with zero attached hydrogens (tertiary/aromatic N) is 2. The van der Waals surface area contributed by atoms with Gasteiger partial charge in [-0.2, -0.15) is 5.10 Å². The number of halogens is 1. The molecule has 1 aromatic rings. The fourth-order valence-corrected chi connectivity index (χ4v) is 2.71. The molecule has 0 radical (unpaired) electrons. The van der Waals surface area contributed by atoms with E-state index in [2.05, 4.69) is 12.0 Å². The number of aldehydes is 1. The fourth-order valence-electron chi connectivity index (χ4n) is 2.44. The van der Waals surface area contributed by atoms with Gasteiger partial charge in [0.1, 0.15) is 5.15 Å². The first kappa shape index (κ1) is 11.6. The van der Waals surface area contributed by atoms with Gasteiger partial charge in [-0.3, -0.25) is 9.48 Å². The van der Waals surface area contributed by atoms with Crippen molar-refractivity contribution in [2.45, 2.75) is 51.5 Å².